The lowest BCUT2D eigenvalue weighted by Gasteiger charge is -2.26. The van der Waals surface area contributed by atoms with Gasteiger partial charge >= 0.3 is 7.82 Å². The van der Waals surface area contributed by atoms with Crippen molar-refractivity contribution in [3.8, 4) is 0 Å². The second-order valence-electron chi connectivity index (χ2n) is 15.0. The Hall–Kier alpha value is -0.500. The summed E-state index contributed by atoms with van der Waals surface area (Å²) >= 11 is 0. The number of amides is 1. The lowest BCUT2D eigenvalue weighted by atomic mass is 10.0. The van der Waals surface area contributed by atoms with E-state index >= 15 is 0 Å². The van der Waals surface area contributed by atoms with Crippen LogP contribution in [-0.4, -0.2) is 73.4 Å². The number of carbonyl (C=O) groups is 1. The molecule has 1 amide bonds. The highest BCUT2D eigenvalue weighted by Gasteiger charge is 2.28. The minimum absolute atomic E-state index is 0.0748. The topological polar surface area (TPSA) is 105 Å². The van der Waals surface area contributed by atoms with E-state index in [1.54, 1.807) is 6.92 Å². The molecule has 282 valence electrons. The van der Waals surface area contributed by atoms with Crippen LogP contribution in [0.4, 0.5) is 0 Å². The number of aliphatic hydroxyl groups is 1. The molecule has 0 radical (unpaired) electrons. The third-order valence-corrected chi connectivity index (χ3v) is 10.2. The van der Waals surface area contributed by atoms with Gasteiger partial charge in [0.15, 0.2) is 0 Å². The maximum atomic E-state index is 12.3. The van der Waals surface area contributed by atoms with Gasteiger partial charge in [-0.3, -0.25) is 13.8 Å². The highest BCUT2D eigenvalue weighted by Crippen LogP contribution is 2.43. The van der Waals surface area contributed by atoms with Crippen LogP contribution in [0.1, 0.15) is 187 Å². The van der Waals surface area contributed by atoms with E-state index in [4.69, 9.17) is 9.05 Å². The van der Waals surface area contributed by atoms with Crippen LogP contribution < -0.4 is 5.32 Å². The Morgan fingerprint density at radius 3 is 1.34 bits per heavy atom. The fourth-order valence-electron chi connectivity index (χ4n) is 5.89. The first-order valence-electron chi connectivity index (χ1n) is 19.9. The van der Waals surface area contributed by atoms with E-state index < -0.39 is 20.0 Å². The number of phosphoric acid groups is 1. The molecular formula is C38H80N2O6P+. The number of phosphoric ester groups is 1. The van der Waals surface area contributed by atoms with Gasteiger partial charge in [-0.1, -0.05) is 174 Å². The van der Waals surface area contributed by atoms with Gasteiger partial charge in [0.2, 0.25) is 5.91 Å². The molecular weight excluding hydrogens is 611 g/mol. The van der Waals surface area contributed by atoms with Crippen molar-refractivity contribution in [2.24, 2.45) is 0 Å². The number of aliphatic hydroxyl groups excluding tert-OH is 1. The number of hydrogen-bond acceptors (Lipinski definition) is 5. The van der Waals surface area contributed by atoms with Crippen LogP contribution in [0.5, 0.6) is 0 Å². The first kappa shape index (κ1) is 46.5. The van der Waals surface area contributed by atoms with Gasteiger partial charge in [0.1, 0.15) is 13.2 Å². The molecule has 8 nitrogen and oxygen atoms in total. The summed E-state index contributed by atoms with van der Waals surface area (Å²) in [7, 11) is 1.61. The normalized spacial score (nSPS) is 14.6. The molecule has 9 heteroatoms. The van der Waals surface area contributed by atoms with E-state index in [1.807, 2.05) is 21.1 Å². The van der Waals surface area contributed by atoms with Crippen molar-refractivity contribution in [1.29, 1.82) is 0 Å². The standard InChI is InChI=1S/C38H79N2O6P/c1-6-8-9-10-11-12-13-14-15-16-17-18-19-20-21-22-23-24-25-26-27-28-29-30-31-32-37(41)36(39-38(42)7-2)35-46-47(43,44)45-34-33-40(3,4)5/h36-37,41H,6-35H2,1-5H3,(H-,39,42,43,44)/p+1. The van der Waals surface area contributed by atoms with Crippen LogP contribution >= 0.6 is 7.82 Å². The summed E-state index contributed by atoms with van der Waals surface area (Å²) < 4.78 is 23.1. The number of nitrogens with zero attached hydrogens (tertiary/aromatic N) is 1. The predicted octanol–water partition coefficient (Wildman–Crippen LogP) is 10.2. The van der Waals surface area contributed by atoms with Crippen LogP contribution in [0.3, 0.4) is 0 Å². The van der Waals surface area contributed by atoms with Crippen molar-refractivity contribution in [2.45, 2.75) is 199 Å². The fraction of sp³-hybridized carbons (Fsp3) is 0.974. The molecule has 3 atom stereocenters. The molecule has 0 saturated heterocycles. The molecule has 0 aromatic carbocycles. The van der Waals surface area contributed by atoms with Crippen LogP contribution in [0, 0.1) is 0 Å². The maximum Gasteiger partial charge on any atom is 0.472 e. The van der Waals surface area contributed by atoms with Gasteiger partial charge in [-0.05, 0) is 6.42 Å². The SMILES string of the molecule is CCCCCCCCCCCCCCCCCCCCCCCCCCCC(O)C(COP(=O)(O)OCC[N+](C)(C)C)NC(=O)CC. The van der Waals surface area contributed by atoms with Crippen molar-refractivity contribution in [3.05, 3.63) is 0 Å². The minimum atomic E-state index is -4.27. The highest BCUT2D eigenvalue weighted by molar-refractivity contribution is 7.47. The molecule has 0 aromatic heterocycles. The van der Waals surface area contributed by atoms with Crippen molar-refractivity contribution >= 4 is 13.7 Å². The maximum absolute atomic E-state index is 12.3. The highest BCUT2D eigenvalue weighted by atomic mass is 31.2. The fourth-order valence-corrected chi connectivity index (χ4v) is 6.63. The van der Waals surface area contributed by atoms with Crippen molar-refractivity contribution < 1.29 is 32.9 Å². The second kappa shape index (κ2) is 31.5. The summed E-state index contributed by atoms with van der Waals surface area (Å²) in [6.45, 7) is 4.37. The van der Waals surface area contributed by atoms with Gasteiger partial charge in [-0.2, -0.15) is 0 Å². The molecule has 0 aliphatic carbocycles. The van der Waals surface area contributed by atoms with Crippen LogP contribution in [-0.2, 0) is 18.4 Å². The lowest BCUT2D eigenvalue weighted by Crippen LogP contribution is -2.46. The van der Waals surface area contributed by atoms with Gasteiger partial charge in [0, 0.05) is 6.42 Å². The molecule has 47 heavy (non-hydrogen) atoms. The van der Waals surface area contributed by atoms with Gasteiger partial charge in [-0.15, -0.1) is 0 Å². The van der Waals surface area contributed by atoms with E-state index in [0.717, 1.165) is 19.3 Å². The smallest absolute Gasteiger partial charge is 0.391 e. The Morgan fingerprint density at radius 2 is 1.00 bits per heavy atom. The van der Waals surface area contributed by atoms with E-state index in [1.165, 1.54) is 141 Å². The molecule has 0 spiro atoms. The molecule has 0 aliphatic rings. The molecule has 0 bridgehead atoms. The molecule has 0 aromatic rings. The summed E-state index contributed by atoms with van der Waals surface area (Å²) in [4.78, 5) is 22.0. The molecule has 0 heterocycles. The van der Waals surface area contributed by atoms with Crippen molar-refractivity contribution in [3.63, 3.8) is 0 Å². The Kier molecular flexibility index (Phi) is 31.1. The summed E-state index contributed by atoms with van der Waals surface area (Å²) in [6, 6.07) is -0.751. The lowest BCUT2D eigenvalue weighted by molar-refractivity contribution is -0.870. The molecule has 0 rings (SSSR count). The van der Waals surface area contributed by atoms with Crippen LogP contribution in [0.25, 0.3) is 0 Å². The number of rotatable bonds is 36. The number of unbranched alkanes of at least 4 members (excludes halogenated alkanes) is 24. The second-order valence-corrected chi connectivity index (χ2v) is 16.4. The summed E-state index contributed by atoms with van der Waals surface area (Å²) in [5.74, 6) is -0.230. The zero-order valence-corrected chi connectivity index (χ0v) is 32.7. The zero-order valence-electron chi connectivity index (χ0n) is 31.8. The first-order chi connectivity index (χ1) is 22.5. The van der Waals surface area contributed by atoms with Crippen LogP contribution in [0.2, 0.25) is 0 Å². The zero-order chi connectivity index (χ0) is 35.1. The van der Waals surface area contributed by atoms with Crippen LogP contribution in [0.15, 0.2) is 0 Å². The average Bonchev–Trinajstić information content (AvgIpc) is 3.02. The van der Waals surface area contributed by atoms with Crippen molar-refractivity contribution in [2.75, 3.05) is 40.9 Å². The molecule has 0 saturated carbocycles. The van der Waals surface area contributed by atoms with E-state index in [9.17, 15) is 19.4 Å². The summed E-state index contributed by atoms with van der Waals surface area (Å²) in [6.07, 6.45) is 33.6. The average molecular weight is 692 g/mol. The van der Waals surface area contributed by atoms with E-state index in [2.05, 4.69) is 12.2 Å². The monoisotopic (exact) mass is 692 g/mol. The summed E-state index contributed by atoms with van der Waals surface area (Å²) in [5.41, 5.74) is 0. The van der Waals surface area contributed by atoms with Gasteiger partial charge in [-0.25, -0.2) is 4.57 Å². The third kappa shape index (κ3) is 33.8. The van der Waals surface area contributed by atoms with Gasteiger partial charge < -0.3 is 19.8 Å². The Labute approximate surface area is 291 Å². The van der Waals surface area contributed by atoms with Gasteiger partial charge in [0.05, 0.1) is 39.9 Å². The minimum Gasteiger partial charge on any atom is -0.391 e. The Bertz CT molecular complexity index is 748. The molecule has 3 N–H and O–H groups in total. The van der Waals surface area contributed by atoms with E-state index in [-0.39, 0.29) is 25.5 Å². The summed E-state index contributed by atoms with van der Waals surface area (Å²) in [5, 5.41) is 13.4. The molecule has 3 unspecified atom stereocenters. The van der Waals surface area contributed by atoms with Crippen molar-refractivity contribution in [1.82, 2.24) is 5.32 Å². The predicted molar refractivity (Wildman–Crippen MR) is 199 cm³/mol. The first-order valence-corrected chi connectivity index (χ1v) is 21.4. The third-order valence-electron chi connectivity index (χ3n) is 9.17. The van der Waals surface area contributed by atoms with Gasteiger partial charge in [0.25, 0.3) is 0 Å². The quantitative estimate of drug-likeness (QED) is 0.0343. The van der Waals surface area contributed by atoms with E-state index in [0.29, 0.717) is 17.4 Å². The Morgan fingerprint density at radius 1 is 0.638 bits per heavy atom. The number of carbonyl (C=O) groups excluding carboxylic acids is 1. The Balaban J connectivity index is 3.70. The molecule has 0 aliphatic heterocycles. The largest absolute Gasteiger partial charge is 0.472 e. The number of quaternary nitrogens is 1. The number of nitrogens with one attached hydrogen (secondary N) is 1. The number of hydrogen-bond donors (Lipinski definition) is 3. The molecule has 0 fully saturated rings. The number of likely N-dealkylation sites (N-methyl/N-ethyl adjacent to an activating group) is 1.